The summed E-state index contributed by atoms with van der Waals surface area (Å²) in [5.41, 5.74) is 5.66. The molecule has 0 spiro atoms. The molecule has 20 heavy (non-hydrogen) atoms. The van der Waals surface area contributed by atoms with Gasteiger partial charge in [0.15, 0.2) is 0 Å². The van der Waals surface area contributed by atoms with Crippen LogP contribution >= 0.6 is 0 Å². The van der Waals surface area contributed by atoms with Crippen LogP contribution in [0.3, 0.4) is 0 Å². The molecule has 2 heteroatoms. The van der Waals surface area contributed by atoms with E-state index in [0.717, 1.165) is 13.1 Å². The largest absolute Gasteiger partial charge is 0.378 e. The first kappa shape index (κ1) is 13.2. The highest BCUT2D eigenvalue weighted by Crippen LogP contribution is 2.34. The summed E-state index contributed by atoms with van der Waals surface area (Å²) in [7, 11) is 4.14. The number of fused-ring (bicyclic) bond motifs is 1. The molecule has 104 valence electrons. The summed E-state index contributed by atoms with van der Waals surface area (Å²) in [6.45, 7) is 2.03. The van der Waals surface area contributed by atoms with E-state index in [4.69, 9.17) is 0 Å². The quantitative estimate of drug-likeness (QED) is 0.894. The SMILES string of the molecule is CN(C)c1ccc(CNCC2Cc3ccccc32)cc1. The molecule has 1 aliphatic rings. The second-order valence-corrected chi connectivity index (χ2v) is 5.79. The average molecular weight is 266 g/mol. The van der Waals surface area contributed by atoms with Gasteiger partial charge in [0.1, 0.15) is 0 Å². The van der Waals surface area contributed by atoms with Gasteiger partial charge in [-0.3, -0.25) is 0 Å². The van der Waals surface area contributed by atoms with Crippen LogP contribution in [0.4, 0.5) is 5.69 Å². The first-order valence-corrected chi connectivity index (χ1v) is 7.29. The third-order valence-corrected chi connectivity index (χ3v) is 4.13. The number of benzene rings is 2. The summed E-state index contributed by atoms with van der Waals surface area (Å²) in [6, 6.07) is 17.5. The Kier molecular flexibility index (Phi) is 3.75. The number of rotatable bonds is 5. The van der Waals surface area contributed by atoms with Crippen LogP contribution < -0.4 is 10.2 Å². The Labute approximate surface area is 121 Å². The van der Waals surface area contributed by atoms with Gasteiger partial charge in [0.2, 0.25) is 0 Å². The molecule has 0 heterocycles. The predicted molar refractivity (Wildman–Crippen MR) is 85.4 cm³/mol. The molecule has 0 bridgehead atoms. The van der Waals surface area contributed by atoms with Crippen LogP contribution in [-0.2, 0) is 13.0 Å². The molecule has 1 aliphatic carbocycles. The molecule has 0 saturated heterocycles. The van der Waals surface area contributed by atoms with Gasteiger partial charge >= 0.3 is 0 Å². The van der Waals surface area contributed by atoms with Gasteiger partial charge in [-0.25, -0.2) is 0 Å². The minimum absolute atomic E-state index is 0.701. The fourth-order valence-corrected chi connectivity index (χ4v) is 2.85. The summed E-state index contributed by atoms with van der Waals surface area (Å²) in [6.07, 6.45) is 1.22. The highest BCUT2D eigenvalue weighted by molar-refractivity contribution is 5.46. The van der Waals surface area contributed by atoms with E-state index in [9.17, 15) is 0 Å². The van der Waals surface area contributed by atoms with Crippen molar-refractivity contribution in [3.8, 4) is 0 Å². The summed E-state index contributed by atoms with van der Waals surface area (Å²) in [4.78, 5) is 2.13. The van der Waals surface area contributed by atoms with Crippen molar-refractivity contribution < 1.29 is 0 Å². The number of nitrogens with zero attached hydrogens (tertiary/aromatic N) is 1. The van der Waals surface area contributed by atoms with Gasteiger partial charge in [0.25, 0.3) is 0 Å². The second-order valence-electron chi connectivity index (χ2n) is 5.79. The molecule has 0 aliphatic heterocycles. The predicted octanol–water partition coefficient (Wildman–Crippen LogP) is 3.18. The molecule has 1 N–H and O–H groups in total. The summed E-state index contributed by atoms with van der Waals surface area (Å²) >= 11 is 0. The Bertz CT molecular complexity index is 572. The zero-order valence-electron chi connectivity index (χ0n) is 12.3. The maximum atomic E-state index is 3.58. The van der Waals surface area contributed by atoms with E-state index in [2.05, 4.69) is 72.8 Å². The monoisotopic (exact) mass is 266 g/mol. The molecule has 0 fully saturated rings. The van der Waals surface area contributed by atoms with Crippen molar-refractivity contribution in [3.05, 3.63) is 65.2 Å². The first-order valence-electron chi connectivity index (χ1n) is 7.29. The topological polar surface area (TPSA) is 15.3 Å². The molecule has 1 atom stereocenters. The zero-order chi connectivity index (χ0) is 13.9. The first-order chi connectivity index (χ1) is 9.74. The molecule has 2 aromatic rings. The highest BCUT2D eigenvalue weighted by atomic mass is 15.1. The fourth-order valence-electron chi connectivity index (χ4n) is 2.85. The van der Waals surface area contributed by atoms with Crippen LogP contribution in [0.5, 0.6) is 0 Å². The summed E-state index contributed by atoms with van der Waals surface area (Å²) in [5, 5.41) is 3.58. The van der Waals surface area contributed by atoms with Crippen molar-refractivity contribution in [2.45, 2.75) is 18.9 Å². The van der Waals surface area contributed by atoms with Crippen molar-refractivity contribution in [2.24, 2.45) is 0 Å². The molecule has 0 amide bonds. The van der Waals surface area contributed by atoms with E-state index in [1.165, 1.54) is 28.8 Å². The number of hydrogen-bond donors (Lipinski definition) is 1. The van der Waals surface area contributed by atoms with Gasteiger partial charge in [-0.1, -0.05) is 36.4 Å². The maximum absolute atomic E-state index is 3.58. The molecule has 3 rings (SSSR count). The van der Waals surface area contributed by atoms with Crippen molar-refractivity contribution in [3.63, 3.8) is 0 Å². The Morgan fingerprint density at radius 3 is 2.50 bits per heavy atom. The minimum atomic E-state index is 0.701. The van der Waals surface area contributed by atoms with Gasteiger partial charge in [0, 0.05) is 38.8 Å². The number of nitrogens with one attached hydrogen (secondary N) is 1. The molecule has 2 aromatic carbocycles. The third-order valence-electron chi connectivity index (χ3n) is 4.13. The standard InChI is InChI=1S/C18H22N2/c1-20(2)17-9-7-14(8-10-17)12-19-13-16-11-15-5-3-4-6-18(15)16/h3-10,16,19H,11-13H2,1-2H3. The van der Waals surface area contributed by atoms with E-state index < -0.39 is 0 Å². The van der Waals surface area contributed by atoms with Crippen molar-refractivity contribution in [1.29, 1.82) is 0 Å². The van der Waals surface area contributed by atoms with E-state index in [0.29, 0.717) is 5.92 Å². The van der Waals surface area contributed by atoms with Gasteiger partial charge in [-0.15, -0.1) is 0 Å². The molecule has 0 radical (unpaired) electrons. The average Bonchev–Trinajstić information content (AvgIpc) is 2.44. The summed E-state index contributed by atoms with van der Waals surface area (Å²) in [5.74, 6) is 0.701. The van der Waals surface area contributed by atoms with Crippen LogP contribution in [0, 0.1) is 0 Å². The van der Waals surface area contributed by atoms with E-state index in [-0.39, 0.29) is 0 Å². The van der Waals surface area contributed by atoms with Crippen LogP contribution in [0.15, 0.2) is 48.5 Å². The fraction of sp³-hybridized carbons (Fsp3) is 0.333. The van der Waals surface area contributed by atoms with Crippen molar-refractivity contribution >= 4 is 5.69 Å². The van der Waals surface area contributed by atoms with E-state index in [1.807, 2.05) is 0 Å². The third kappa shape index (κ3) is 2.70. The lowest BCUT2D eigenvalue weighted by Gasteiger charge is -2.30. The van der Waals surface area contributed by atoms with Crippen LogP contribution in [0.25, 0.3) is 0 Å². The maximum Gasteiger partial charge on any atom is 0.0361 e. The zero-order valence-corrected chi connectivity index (χ0v) is 12.3. The summed E-state index contributed by atoms with van der Waals surface area (Å²) < 4.78 is 0. The minimum Gasteiger partial charge on any atom is -0.378 e. The molecule has 1 unspecified atom stereocenters. The van der Waals surface area contributed by atoms with Crippen LogP contribution in [0.2, 0.25) is 0 Å². The van der Waals surface area contributed by atoms with Crippen LogP contribution in [0.1, 0.15) is 22.6 Å². The van der Waals surface area contributed by atoms with Crippen LogP contribution in [-0.4, -0.2) is 20.6 Å². The Morgan fingerprint density at radius 2 is 1.80 bits per heavy atom. The van der Waals surface area contributed by atoms with Gasteiger partial charge in [-0.05, 0) is 35.2 Å². The molecule has 2 nitrogen and oxygen atoms in total. The molecule has 0 saturated carbocycles. The lowest BCUT2D eigenvalue weighted by molar-refractivity contribution is 0.536. The second kappa shape index (κ2) is 5.68. The Morgan fingerprint density at radius 1 is 1.05 bits per heavy atom. The lowest BCUT2D eigenvalue weighted by atomic mass is 9.77. The van der Waals surface area contributed by atoms with E-state index in [1.54, 1.807) is 0 Å². The van der Waals surface area contributed by atoms with Crippen molar-refractivity contribution in [2.75, 3.05) is 25.5 Å². The Balaban J connectivity index is 1.49. The molecular weight excluding hydrogens is 244 g/mol. The van der Waals surface area contributed by atoms with Crippen molar-refractivity contribution in [1.82, 2.24) is 5.32 Å². The smallest absolute Gasteiger partial charge is 0.0361 e. The lowest BCUT2D eigenvalue weighted by Crippen LogP contribution is -2.28. The van der Waals surface area contributed by atoms with E-state index >= 15 is 0 Å². The van der Waals surface area contributed by atoms with Gasteiger partial charge in [0.05, 0.1) is 0 Å². The molecular formula is C18H22N2. The molecule has 0 aromatic heterocycles. The Hall–Kier alpha value is -1.80. The number of anilines is 1. The van der Waals surface area contributed by atoms with Gasteiger partial charge in [-0.2, -0.15) is 0 Å². The van der Waals surface area contributed by atoms with Gasteiger partial charge < -0.3 is 10.2 Å². The normalized spacial score (nSPS) is 16.4. The highest BCUT2D eigenvalue weighted by Gasteiger charge is 2.24. The number of hydrogen-bond acceptors (Lipinski definition) is 2.